The molecule has 2 aromatic carbocycles. The fraction of sp³-hybridized carbons (Fsp3) is 0.111. The molecule has 1 aromatic heterocycles. The third-order valence-corrected chi connectivity index (χ3v) is 3.56. The van der Waals surface area contributed by atoms with Crippen LogP contribution in [0.4, 0.5) is 4.39 Å². The Balaban J connectivity index is 1.73. The largest absolute Gasteiger partial charge is 0.392 e. The van der Waals surface area contributed by atoms with Gasteiger partial charge in [0.1, 0.15) is 11.5 Å². The molecule has 4 nitrogen and oxygen atoms in total. The number of carbonyl (C=O) groups is 1. The molecule has 1 heterocycles. The summed E-state index contributed by atoms with van der Waals surface area (Å²) in [6, 6.07) is 15.5. The van der Waals surface area contributed by atoms with Gasteiger partial charge in [0.25, 0.3) is 5.91 Å². The number of aromatic nitrogens is 1. The van der Waals surface area contributed by atoms with Crippen LogP contribution in [0.2, 0.25) is 0 Å². The molecule has 0 radical (unpaired) electrons. The number of nitrogens with zero attached hydrogens (tertiary/aromatic N) is 1. The van der Waals surface area contributed by atoms with Gasteiger partial charge in [-0.25, -0.2) is 9.37 Å². The van der Waals surface area contributed by atoms with Crippen LogP contribution in [0, 0.1) is 5.82 Å². The molecule has 0 aliphatic rings. The Morgan fingerprint density at radius 1 is 1.13 bits per heavy atom. The Labute approximate surface area is 132 Å². The topological polar surface area (TPSA) is 62.2 Å². The fourth-order valence-corrected chi connectivity index (χ4v) is 2.32. The number of nitrogens with one attached hydrogen (secondary N) is 1. The number of fused-ring (bicyclic) bond motifs is 1. The SMILES string of the molecule is O=C(NCc1ccc(F)c(CO)c1)c1ccc2ccccc2n1. The zero-order valence-electron chi connectivity index (χ0n) is 12.3. The monoisotopic (exact) mass is 310 g/mol. The smallest absolute Gasteiger partial charge is 0.270 e. The van der Waals surface area contributed by atoms with Gasteiger partial charge >= 0.3 is 0 Å². The van der Waals surface area contributed by atoms with Crippen molar-refractivity contribution in [3.8, 4) is 0 Å². The highest BCUT2D eigenvalue weighted by atomic mass is 19.1. The molecule has 116 valence electrons. The van der Waals surface area contributed by atoms with E-state index in [0.717, 1.165) is 10.9 Å². The van der Waals surface area contributed by atoms with Gasteiger partial charge < -0.3 is 10.4 Å². The molecule has 2 N–H and O–H groups in total. The Kier molecular flexibility index (Phi) is 4.30. The van der Waals surface area contributed by atoms with Crippen molar-refractivity contribution < 1.29 is 14.3 Å². The lowest BCUT2D eigenvalue weighted by atomic mass is 10.1. The molecule has 0 fully saturated rings. The second kappa shape index (κ2) is 6.54. The average molecular weight is 310 g/mol. The van der Waals surface area contributed by atoms with Gasteiger partial charge in [0.2, 0.25) is 0 Å². The second-order valence-electron chi connectivity index (χ2n) is 5.16. The zero-order chi connectivity index (χ0) is 16.2. The van der Waals surface area contributed by atoms with Gasteiger partial charge in [0.15, 0.2) is 0 Å². The first kappa shape index (κ1) is 15.1. The molecule has 0 spiro atoms. The van der Waals surface area contributed by atoms with E-state index in [0.29, 0.717) is 11.3 Å². The lowest BCUT2D eigenvalue weighted by Gasteiger charge is -2.07. The van der Waals surface area contributed by atoms with E-state index in [1.807, 2.05) is 30.3 Å². The summed E-state index contributed by atoms with van der Waals surface area (Å²) in [5.41, 5.74) is 2.00. The van der Waals surface area contributed by atoms with Gasteiger partial charge in [-0.3, -0.25) is 4.79 Å². The summed E-state index contributed by atoms with van der Waals surface area (Å²) >= 11 is 0. The number of halogens is 1. The number of hydrogen-bond acceptors (Lipinski definition) is 3. The van der Waals surface area contributed by atoms with Gasteiger partial charge in [-0.2, -0.15) is 0 Å². The van der Waals surface area contributed by atoms with Gasteiger partial charge in [0, 0.05) is 17.5 Å². The molecular weight excluding hydrogens is 295 g/mol. The van der Waals surface area contributed by atoms with Crippen molar-refractivity contribution in [2.75, 3.05) is 0 Å². The summed E-state index contributed by atoms with van der Waals surface area (Å²) in [5, 5.41) is 12.8. The molecule has 23 heavy (non-hydrogen) atoms. The minimum atomic E-state index is -0.459. The Bertz CT molecular complexity index is 865. The van der Waals surface area contributed by atoms with Crippen LogP contribution in [-0.4, -0.2) is 16.0 Å². The molecule has 0 unspecified atom stereocenters. The summed E-state index contributed by atoms with van der Waals surface area (Å²) in [4.78, 5) is 16.5. The molecule has 5 heteroatoms. The molecular formula is C18H15FN2O2. The highest BCUT2D eigenvalue weighted by Crippen LogP contribution is 2.13. The second-order valence-corrected chi connectivity index (χ2v) is 5.16. The van der Waals surface area contributed by atoms with E-state index in [-0.39, 0.29) is 24.6 Å². The predicted molar refractivity (Wildman–Crippen MR) is 85.2 cm³/mol. The minimum absolute atomic E-state index is 0.209. The van der Waals surface area contributed by atoms with Crippen molar-refractivity contribution >= 4 is 16.8 Å². The van der Waals surface area contributed by atoms with E-state index < -0.39 is 5.82 Å². The van der Waals surface area contributed by atoms with E-state index in [2.05, 4.69) is 10.3 Å². The average Bonchev–Trinajstić information content (AvgIpc) is 2.60. The molecule has 0 saturated carbocycles. The van der Waals surface area contributed by atoms with Crippen molar-refractivity contribution in [2.24, 2.45) is 0 Å². The molecule has 0 aliphatic carbocycles. The normalized spacial score (nSPS) is 10.7. The maximum atomic E-state index is 13.3. The van der Waals surface area contributed by atoms with Crippen LogP contribution in [0.1, 0.15) is 21.6 Å². The molecule has 0 saturated heterocycles. The summed E-state index contributed by atoms with van der Waals surface area (Å²) in [6.45, 7) is -0.138. The first-order valence-corrected chi connectivity index (χ1v) is 7.19. The summed E-state index contributed by atoms with van der Waals surface area (Å²) in [7, 11) is 0. The minimum Gasteiger partial charge on any atom is -0.392 e. The van der Waals surface area contributed by atoms with Crippen LogP contribution < -0.4 is 5.32 Å². The van der Waals surface area contributed by atoms with Crippen molar-refractivity contribution in [1.82, 2.24) is 10.3 Å². The van der Waals surface area contributed by atoms with E-state index >= 15 is 0 Å². The molecule has 3 aromatic rings. The number of rotatable bonds is 4. The van der Waals surface area contributed by atoms with Crippen LogP contribution >= 0.6 is 0 Å². The van der Waals surface area contributed by atoms with Gasteiger partial charge in [-0.1, -0.05) is 30.3 Å². The quantitative estimate of drug-likeness (QED) is 0.779. The Hall–Kier alpha value is -2.79. The van der Waals surface area contributed by atoms with Crippen LogP contribution in [0.5, 0.6) is 0 Å². The van der Waals surface area contributed by atoms with Crippen molar-refractivity contribution in [3.63, 3.8) is 0 Å². The number of aliphatic hydroxyl groups is 1. The molecule has 1 amide bonds. The van der Waals surface area contributed by atoms with E-state index in [1.54, 1.807) is 12.1 Å². The maximum Gasteiger partial charge on any atom is 0.270 e. The summed E-state index contributed by atoms with van der Waals surface area (Å²) < 4.78 is 13.3. The Morgan fingerprint density at radius 3 is 2.78 bits per heavy atom. The van der Waals surface area contributed by atoms with Crippen molar-refractivity contribution in [2.45, 2.75) is 13.2 Å². The van der Waals surface area contributed by atoms with Crippen LogP contribution in [0.25, 0.3) is 10.9 Å². The number of amides is 1. The summed E-state index contributed by atoms with van der Waals surface area (Å²) in [5.74, 6) is -0.760. The fourth-order valence-electron chi connectivity index (χ4n) is 2.32. The number of benzene rings is 2. The van der Waals surface area contributed by atoms with Crippen molar-refractivity contribution in [1.29, 1.82) is 0 Å². The van der Waals surface area contributed by atoms with Gasteiger partial charge in [0.05, 0.1) is 12.1 Å². The maximum absolute atomic E-state index is 13.3. The molecule has 0 aliphatic heterocycles. The van der Waals surface area contributed by atoms with E-state index in [4.69, 9.17) is 5.11 Å². The highest BCUT2D eigenvalue weighted by molar-refractivity contribution is 5.94. The highest BCUT2D eigenvalue weighted by Gasteiger charge is 2.09. The molecule has 0 atom stereocenters. The number of aliphatic hydroxyl groups excluding tert-OH is 1. The van der Waals surface area contributed by atoms with Crippen LogP contribution in [0.15, 0.2) is 54.6 Å². The first-order chi connectivity index (χ1) is 11.2. The standard InChI is InChI=1S/C18H15FN2O2/c19-15-7-5-12(9-14(15)11-22)10-20-18(23)17-8-6-13-3-1-2-4-16(13)21-17/h1-9,22H,10-11H2,(H,20,23). The molecule has 3 rings (SSSR count). The Morgan fingerprint density at radius 2 is 1.96 bits per heavy atom. The summed E-state index contributed by atoms with van der Waals surface area (Å²) in [6.07, 6.45) is 0. The van der Waals surface area contributed by atoms with Crippen LogP contribution in [0.3, 0.4) is 0 Å². The van der Waals surface area contributed by atoms with Crippen molar-refractivity contribution in [3.05, 3.63) is 77.2 Å². The predicted octanol–water partition coefficient (Wildman–Crippen LogP) is 2.80. The lowest BCUT2D eigenvalue weighted by Crippen LogP contribution is -2.23. The van der Waals surface area contributed by atoms with Crippen LogP contribution in [-0.2, 0) is 13.2 Å². The zero-order valence-corrected chi connectivity index (χ0v) is 12.3. The lowest BCUT2D eigenvalue weighted by molar-refractivity contribution is 0.0946. The van der Waals surface area contributed by atoms with E-state index in [1.165, 1.54) is 12.1 Å². The first-order valence-electron chi connectivity index (χ1n) is 7.19. The number of hydrogen-bond donors (Lipinski definition) is 2. The van der Waals surface area contributed by atoms with Gasteiger partial charge in [-0.15, -0.1) is 0 Å². The van der Waals surface area contributed by atoms with E-state index in [9.17, 15) is 9.18 Å². The number of para-hydroxylation sites is 1. The van der Waals surface area contributed by atoms with Gasteiger partial charge in [-0.05, 0) is 29.8 Å². The third-order valence-electron chi connectivity index (χ3n) is 3.56. The third kappa shape index (κ3) is 3.35. The molecule has 0 bridgehead atoms. The number of carbonyl (C=O) groups excluding carboxylic acids is 1. The number of pyridine rings is 1.